The van der Waals surface area contributed by atoms with Crippen molar-refractivity contribution in [2.24, 2.45) is 0 Å². The van der Waals surface area contributed by atoms with Gasteiger partial charge in [0, 0.05) is 4.90 Å². The van der Waals surface area contributed by atoms with Crippen molar-refractivity contribution < 1.29 is 19.0 Å². The second-order valence-corrected chi connectivity index (χ2v) is 7.82. The molecule has 1 aliphatic rings. The number of anilines is 1. The molecule has 0 radical (unpaired) electrons. The Hall–Kier alpha value is -2.91. The quantitative estimate of drug-likeness (QED) is 0.667. The number of aromatic nitrogens is 3. The van der Waals surface area contributed by atoms with Gasteiger partial charge in [0.2, 0.25) is 5.91 Å². The van der Waals surface area contributed by atoms with Crippen molar-refractivity contribution in [1.82, 2.24) is 15.2 Å². The van der Waals surface area contributed by atoms with E-state index in [-0.39, 0.29) is 17.5 Å². The number of nitrogens with one attached hydrogen (secondary N) is 1. The minimum Gasteiger partial charge on any atom is -0.497 e. The lowest BCUT2D eigenvalue weighted by Gasteiger charge is -2.41. The molecule has 2 aromatic carbocycles. The molecule has 0 spiro atoms. The molecule has 150 valence electrons. The van der Waals surface area contributed by atoms with Crippen LogP contribution in [0, 0.1) is 5.82 Å². The fourth-order valence-electron chi connectivity index (χ4n) is 3.48. The molecule has 3 aromatic rings. The van der Waals surface area contributed by atoms with Crippen LogP contribution in [-0.4, -0.2) is 39.1 Å². The van der Waals surface area contributed by atoms with E-state index in [1.807, 2.05) is 6.07 Å². The number of aromatic amines is 1. The maximum absolute atomic E-state index is 13.4. The molecule has 2 atom stereocenters. The van der Waals surface area contributed by atoms with Gasteiger partial charge in [-0.3, -0.25) is 14.8 Å². The minimum absolute atomic E-state index is 0.190. The molecule has 29 heavy (non-hydrogen) atoms. The largest absolute Gasteiger partial charge is 0.497 e. The zero-order valence-electron chi connectivity index (χ0n) is 15.8. The molecule has 2 N–H and O–H groups in total. The zero-order chi connectivity index (χ0) is 20.6. The van der Waals surface area contributed by atoms with Gasteiger partial charge in [0.1, 0.15) is 29.5 Å². The van der Waals surface area contributed by atoms with Gasteiger partial charge in [0.05, 0.1) is 18.6 Å². The average Bonchev–Trinajstić information content (AvgIpc) is 3.24. The first-order valence-corrected chi connectivity index (χ1v) is 9.87. The fraction of sp³-hybridized carbons (Fsp3) is 0.250. The van der Waals surface area contributed by atoms with Crippen LogP contribution in [0.4, 0.5) is 10.1 Å². The third-order valence-electron chi connectivity index (χ3n) is 4.94. The summed E-state index contributed by atoms with van der Waals surface area (Å²) in [5.41, 5.74) is -0.524. The number of nitrogens with zero attached hydrogens (tertiary/aromatic N) is 3. The predicted octanol–water partition coefficient (Wildman–Crippen LogP) is 3.04. The van der Waals surface area contributed by atoms with E-state index in [0.717, 1.165) is 4.90 Å². The number of hydrogen-bond donors (Lipinski definition) is 2. The Bertz CT molecular complexity index is 1020. The zero-order valence-corrected chi connectivity index (χ0v) is 16.6. The summed E-state index contributed by atoms with van der Waals surface area (Å²) in [7, 11) is 1.58. The number of rotatable bonds is 5. The van der Waals surface area contributed by atoms with Gasteiger partial charge in [0.15, 0.2) is 5.82 Å². The number of thioether (sulfide) groups is 1. The van der Waals surface area contributed by atoms with Crippen molar-refractivity contribution in [3.05, 3.63) is 66.0 Å². The van der Waals surface area contributed by atoms with Gasteiger partial charge in [-0.1, -0.05) is 12.1 Å². The first kappa shape index (κ1) is 19.4. The van der Waals surface area contributed by atoms with Gasteiger partial charge in [0.25, 0.3) is 0 Å². The molecule has 0 saturated carbocycles. The van der Waals surface area contributed by atoms with Crippen LogP contribution in [0.3, 0.4) is 0 Å². The Morgan fingerprint density at radius 3 is 2.72 bits per heavy atom. The first-order valence-electron chi connectivity index (χ1n) is 8.89. The molecule has 1 aromatic heterocycles. The van der Waals surface area contributed by atoms with E-state index in [2.05, 4.69) is 15.2 Å². The van der Waals surface area contributed by atoms with Gasteiger partial charge in [-0.25, -0.2) is 9.37 Å². The number of aliphatic hydroxyl groups is 1. The molecular formula is C20H19FN4O3S. The number of H-pyrrole nitrogens is 1. The molecule has 0 bridgehead atoms. The monoisotopic (exact) mass is 414 g/mol. The summed E-state index contributed by atoms with van der Waals surface area (Å²) in [4.78, 5) is 19.6. The summed E-state index contributed by atoms with van der Waals surface area (Å²) in [6, 6.07) is 9.98. The number of benzene rings is 2. The summed E-state index contributed by atoms with van der Waals surface area (Å²) < 4.78 is 18.7. The highest BCUT2D eigenvalue weighted by Gasteiger charge is 2.45. The lowest BCUT2D eigenvalue weighted by atomic mass is 9.86. The van der Waals surface area contributed by atoms with Gasteiger partial charge in [-0.2, -0.15) is 5.10 Å². The van der Waals surface area contributed by atoms with Crippen molar-refractivity contribution in [3.8, 4) is 5.75 Å². The van der Waals surface area contributed by atoms with Crippen LogP contribution in [0.15, 0.2) is 53.7 Å². The van der Waals surface area contributed by atoms with Crippen LogP contribution in [0.25, 0.3) is 0 Å². The van der Waals surface area contributed by atoms with E-state index in [4.69, 9.17) is 4.74 Å². The van der Waals surface area contributed by atoms with E-state index in [1.54, 1.807) is 26.2 Å². The third kappa shape index (κ3) is 3.47. The summed E-state index contributed by atoms with van der Waals surface area (Å²) in [5.74, 6) is 0.513. The first-order chi connectivity index (χ1) is 13.9. The van der Waals surface area contributed by atoms with E-state index < -0.39 is 17.5 Å². The number of fused-ring (bicyclic) bond motifs is 1. The van der Waals surface area contributed by atoms with E-state index in [1.165, 1.54) is 47.3 Å². The Balaban J connectivity index is 1.87. The van der Waals surface area contributed by atoms with Crippen molar-refractivity contribution in [2.45, 2.75) is 23.5 Å². The number of halogens is 1. The van der Waals surface area contributed by atoms with Crippen LogP contribution in [0.2, 0.25) is 0 Å². The smallest absolute Gasteiger partial charge is 0.238 e. The predicted molar refractivity (Wildman–Crippen MR) is 106 cm³/mol. The number of carbonyl (C=O) groups excluding carboxylic acids is 1. The Labute approximate surface area is 170 Å². The molecule has 0 aliphatic carbocycles. The fourth-order valence-corrected chi connectivity index (χ4v) is 4.41. The molecule has 4 rings (SSSR count). The number of amides is 1. The molecule has 1 aliphatic heterocycles. The summed E-state index contributed by atoms with van der Waals surface area (Å²) in [6.45, 7) is 1.57. The third-order valence-corrected chi connectivity index (χ3v) is 5.97. The number of hydrogen-bond acceptors (Lipinski definition) is 6. The van der Waals surface area contributed by atoms with E-state index in [9.17, 15) is 14.3 Å². The number of methoxy groups -OCH3 is 1. The van der Waals surface area contributed by atoms with Crippen molar-refractivity contribution in [3.63, 3.8) is 0 Å². The number of ether oxygens (including phenoxy) is 1. The van der Waals surface area contributed by atoms with Crippen molar-refractivity contribution in [1.29, 1.82) is 0 Å². The Kier molecular flexibility index (Phi) is 5.01. The van der Waals surface area contributed by atoms with Gasteiger partial charge < -0.3 is 9.84 Å². The van der Waals surface area contributed by atoms with Crippen molar-refractivity contribution >= 4 is 23.4 Å². The summed E-state index contributed by atoms with van der Waals surface area (Å²) in [5, 5.41) is 18.4. The number of carbonyl (C=O) groups is 1. The molecular weight excluding hydrogens is 395 g/mol. The SMILES string of the molecule is COc1ccc2c(c1)SCC(=O)N2C(c1nc[nH]n1)C(C)(O)c1ccc(F)cc1. The van der Waals surface area contributed by atoms with E-state index in [0.29, 0.717) is 17.0 Å². The maximum Gasteiger partial charge on any atom is 0.238 e. The lowest BCUT2D eigenvalue weighted by molar-refractivity contribution is -0.118. The van der Waals surface area contributed by atoms with Gasteiger partial charge in [-0.05, 0) is 42.8 Å². The van der Waals surface area contributed by atoms with Crippen LogP contribution in [0.5, 0.6) is 5.75 Å². The lowest BCUT2D eigenvalue weighted by Crippen LogP contribution is -2.48. The molecule has 9 heteroatoms. The van der Waals surface area contributed by atoms with Crippen LogP contribution in [-0.2, 0) is 10.4 Å². The minimum atomic E-state index is -1.59. The Morgan fingerprint density at radius 2 is 2.07 bits per heavy atom. The van der Waals surface area contributed by atoms with Crippen LogP contribution < -0.4 is 9.64 Å². The highest BCUT2D eigenvalue weighted by Crippen LogP contribution is 2.46. The molecule has 2 unspecified atom stereocenters. The van der Waals surface area contributed by atoms with Gasteiger partial charge in [-0.15, -0.1) is 11.8 Å². The standard InChI is InChI=1S/C20H19FN4O3S/c1-20(27,12-3-5-13(21)6-4-12)18(19-22-11-23-24-19)25-15-8-7-14(28-2)9-16(15)29-10-17(25)26/h3-9,11,18,27H,10H2,1-2H3,(H,22,23,24). The molecule has 0 saturated heterocycles. The molecule has 0 fully saturated rings. The van der Waals surface area contributed by atoms with E-state index >= 15 is 0 Å². The second kappa shape index (κ2) is 7.49. The van der Waals surface area contributed by atoms with Crippen LogP contribution in [0.1, 0.15) is 24.4 Å². The normalized spacial score (nSPS) is 16.8. The summed E-state index contributed by atoms with van der Waals surface area (Å²) >= 11 is 1.40. The highest BCUT2D eigenvalue weighted by atomic mass is 32.2. The second-order valence-electron chi connectivity index (χ2n) is 6.80. The topological polar surface area (TPSA) is 91.3 Å². The highest BCUT2D eigenvalue weighted by molar-refractivity contribution is 8.00. The average molecular weight is 414 g/mol. The van der Waals surface area contributed by atoms with Crippen molar-refractivity contribution in [2.75, 3.05) is 17.8 Å². The molecule has 1 amide bonds. The van der Waals surface area contributed by atoms with Gasteiger partial charge >= 0.3 is 0 Å². The summed E-state index contributed by atoms with van der Waals surface area (Å²) in [6.07, 6.45) is 1.39. The molecule has 2 heterocycles. The maximum atomic E-state index is 13.4. The molecule has 7 nitrogen and oxygen atoms in total. The van der Waals surface area contributed by atoms with Crippen LogP contribution >= 0.6 is 11.8 Å². The Morgan fingerprint density at radius 1 is 1.31 bits per heavy atom.